The Balaban J connectivity index is 1.62. The van der Waals surface area contributed by atoms with Gasteiger partial charge in [-0.15, -0.1) is 11.3 Å². The molecule has 2 heterocycles. The molecule has 1 amide bonds. The Hall–Kier alpha value is -3.33. The normalized spacial score (nSPS) is 11.9. The van der Waals surface area contributed by atoms with E-state index >= 15 is 0 Å². The molecule has 9 heteroatoms. The van der Waals surface area contributed by atoms with Crippen molar-refractivity contribution < 1.29 is 19.1 Å². The predicted octanol–water partition coefficient (Wildman–Crippen LogP) is 3.57. The van der Waals surface area contributed by atoms with Crippen molar-refractivity contribution in [1.29, 1.82) is 0 Å². The molecule has 0 spiro atoms. The van der Waals surface area contributed by atoms with Crippen molar-refractivity contribution in [3.8, 4) is 10.6 Å². The highest BCUT2D eigenvalue weighted by molar-refractivity contribution is 7.13. The average molecular weight is 426 g/mol. The zero-order valence-corrected chi connectivity index (χ0v) is 17.9. The Bertz CT molecular complexity index is 1070. The van der Waals surface area contributed by atoms with E-state index in [4.69, 9.17) is 4.74 Å². The van der Waals surface area contributed by atoms with Crippen LogP contribution in [0.1, 0.15) is 41.6 Å². The number of thiazole rings is 1. The number of aromatic nitrogens is 3. The summed E-state index contributed by atoms with van der Waals surface area (Å²) in [7, 11) is 1.80. The molecule has 1 atom stereocenters. The topological polar surface area (TPSA) is 103 Å². The third kappa shape index (κ3) is 4.98. The maximum Gasteiger partial charge on any atom is 0.358 e. The molecule has 0 aliphatic carbocycles. The number of nitrogens with one attached hydrogen (secondary N) is 1. The number of carbonyl (C=O) groups excluding carboxylic acids is 3. The van der Waals surface area contributed by atoms with Gasteiger partial charge in [-0.05, 0) is 31.2 Å². The lowest BCUT2D eigenvalue weighted by atomic mass is 10.1. The summed E-state index contributed by atoms with van der Waals surface area (Å²) in [6.07, 6.45) is 2.48. The first kappa shape index (κ1) is 21.4. The van der Waals surface area contributed by atoms with Gasteiger partial charge in [0.25, 0.3) is 0 Å². The number of rotatable bonds is 7. The van der Waals surface area contributed by atoms with Crippen LogP contribution in [0.3, 0.4) is 0 Å². The lowest BCUT2D eigenvalue weighted by Crippen LogP contribution is -2.24. The van der Waals surface area contributed by atoms with Gasteiger partial charge in [-0.2, -0.15) is 5.10 Å². The van der Waals surface area contributed by atoms with Gasteiger partial charge in [-0.3, -0.25) is 14.3 Å². The van der Waals surface area contributed by atoms with E-state index in [1.165, 1.54) is 18.3 Å². The van der Waals surface area contributed by atoms with Gasteiger partial charge >= 0.3 is 5.97 Å². The number of amides is 1. The van der Waals surface area contributed by atoms with Crippen molar-refractivity contribution >= 4 is 34.7 Å². The van der Waals surface area contributed by atoms with Crippen molar-refractivity contribution in [1.82, 2.24) is 14.8 Å². The monoisotopic (exact) mass is 426 g/mol. The van der Waals surface area contributed by atoms with E-state index in [-0.39, 0.29) is 23.3 Å². The molecule has 0 aliphatic rings. The van der Waals surface area contributed by atoms with E-state index in [1.54, 1.807) is 67.6 Å². The molecular formula is C21H22N4O4S. The van der Waals surface area contributed by atoms with Crippen LogP contribution in [0, 0.1) is 5.92 Å². The molecule has 8 nitrogen and oxygen atoms in total. The zero-order valence-electron chi connectivity index (χ0n) is 17.1. The molecule has 1 N–H and O–H groups in total. The van der Waals surface area contributed by atoms with Crippen LogP contribution in [-0.2, 0) is 16.6 Å². The molecule has 0 bridgehead atoms. The van der Waals surface area contributed by atoms with Crippen LogP contribution in [0.2, 0.25) is 0 Å². The van der Waals surface area contributed by atoms with Crippen LogP contribution >= 0.6 is 11.3 Å². The van der Waals surface area contributed by atoms with Crippen molar-refractivity contribution in [2.45, 2.75) is 26.9 Å². The van der Waals surface area contributed by atoms with E-state index in [9.17, 15) is 14.4 Å². The van der Waals surface area contributed by atoms with E-state index in [0.717, 1.165) is 5.56 Å². The molecule has 3 rings (SSSR count). The number of carbonyl (C=O) groups is 3. The fourth-order valence-electron chi connectivity index (χ4n) is 2.55. The maximum absolute atomic E-state index is 12.6. The second-order valence-electron chi connectivity index (χ2n) is 7.07. The second kappa shape index (κ2) is 9.00. The van der Waals surface area contributed by atoms with Gasteiger partial charge in [0, 0.05) is 41.4 Å². The van der Waals surface area contributed by atoms with E-state index in [0.29, 0.717) is 16.3 Å². The first-order chi connectivity index (χ1) is 14.2. The van der Waals surface area contributed by atoms with Crippen LogP contribution in [0.15, 0.2) is 42.0 Å². The third-order valence-electron chi connectivity index (χ3n) is 4.28. The number of aryl methyl sites for hydroxylation is 1. The number of anilines is 1. The molecule has 156 valence electrons. The van der Waals surface area contributed by atoms with E-state index < -0.39 is 12.1 Å². The smallest absolute Gasteiger partial charge is 0.358 e. The fourth-order valence-corrected chi connectivity index (χ4v) is 3.31. The number of esters is 1. The third-order valence-corrected chi connectivity index (χ3v) is 5.17. The van der Waals surface area contributed by atoms with Crippen molar-refractivity contribution in [2.24, 2.45) is 13.0 Å². The Kier molecular flexibility index (Phi) is 6.41. The highest BCUT2D eigenvalue weighted by Gasteiger charge is 2.22. The Labute approximate surface area is 177 Å². The Morgan fingerprint density at radius 2 is 1.83 bits per heavy atom. The molecule has 0 aliphatic heterocycles. The summed E-state index contributed by atoms with van der Waals surface area (Å²) >= 11 is 1.30. The Morgan fingerprint density at radius 3 is 2.43 bits per heavy atom. The summed E-state index contributed by atoms with van der Waals surface area (Å²) in [6.45, 7) is 5.11. The maximum atomic E-state index is 12.6. The molecule has 0 saturated carbocycles. The van der Waals surface area contributed by atoms with Gasteiger partial charge in [0.1, 0.15) is 5.01 Å². The predicted molar refractivity (Wildman–Crippen MR) is 113 cm³/mol. The molecule has 30 heavy (non-hydrogen) atoms. The van der Waals surface area contributed by atoms with Gasteiger partial charge in [0.05, 0.1) is 6.20 Å². The standard InChI is InChI=1S/C21H22N4O4S/c1-12(2)19(27)23-16-7-5-14(6-8-16)18(26)13(3)29-21(28)17-11-30-20(24-17)15-9-22-25(4)10-15/h5-13H,1-4H3,(H,23,27). The summed E-state index contributed by atoms with van der Waals surface area (Å²) in [4.78, 5) is 41.0. The number of Topliss-reactive ketones (excluding diaryl/α,β-unsaturated/α-hetero) is 1. The van der Waals surface area contributed by atoms with Crippen LogP contribution in [0.4, 0.5) is 5.69 Å². The van der Waals surface area contributed by atoms with Crippen LogP contribution < -0.4 is 5.32 Å². The van der Waals surface area contributed by atoms with Gasteiger partial charge in [-0.1, -0.05) is 13.8 Å². The van der Waals surface area contributed by atoms with Crippen molar-refractivity contribution in [3.05, 3.63) is 53.3 Å². The summed E-state index contributed by atoms with van der Waals surface area (Å²) in [5.74, 6) is -1.25. The number of ether oxygens (including phenoxy) is 1. The second-order valence-corrected chi connectivity index (χ2v) is 7.93. The van der Waals surface area contributed by atoms with Crippen molar-refractivity contribution in [3.63, 3.8) is 0 Å². The van der Waals surface area contributed by atoms with Gasteiger partial charge in [0.15, 0.2) is 11.8 Å². The average Bonchev–Trinajstić information content (AvgIpc) is 3.37. The molecule has 0 fully saturated rings. The minimum atomic E-state index is -0.975. The number of nitrogens with zero attached hydrogens (tertiary/aromatic N) is 3. The molecule has 0 radical (unpaired) electrons. The highest BCUT2D eigenvalue weighted by Crippen LogP contribution is 2.23. The summed E-state index contributed by atoms with van der Waals surface area (Å²) in [6, 6.07) is 6.46. The quantitative estimate of drug-likeness (QED) is 0.458. The van der Waals surface area contributed by atoms with Gasteiger partial charge < -0.3 is 10.1 Å². The fraction of sp³-hybridized carbons (Fsp3) is 0.286. The van der Waals surface area contributed by atoms with Gasteiger partial charge in [0.2, 0.25) is 11.7 Å². The summed E-state index contributed by atoms with van der Waals surface area (Å²) in [5.41, 5.74) is 1.92. The molecule has 2 aromatic heterocycles. The molecule has 0 saturated heterocycles. The van der Waals surface area contributed by atoms with Crippen LogP contribution in [-0.4, -0.2) is 38.5 Å². The van der Waals surface area contributed by atoms with E-state index in [2.05, 4.69) is 15.4 Å². The molecule has 1 unspecified atom stereocenters. The molecular weight excluding hydrogens is 404 g/mol. The van der Waals surface area contributed by atoms with Crippen LogP contribution in [0.5, 0.6) is 0 Å². The van der Waals surface area contributed by atoms with Crippen molar-refractivity contribution in [2.75, 3.05) is 5.32 Å². The SMILES string of the molecule is CC(C)C(=O)Nc1ccc(C(=O)C(C)OC(=O)c2csc(-c3cnn(C)c3)n2)cc1. The molecule has 3 aromatic rings. The first-order valence-corrected chi connectivity index (χ1v) is 10.2. The summed E-state index contributed by atoms with van der Waals surface area (Å²) < 4.78 is 6.95. The first-order valence-electron chi connectivity index (χ1n) is 9.35. The minimum absolute atomic E-state index is 0.106. The largest absolute Gasteiger partial charge is 0.450 e. The Morgan fingerprint density at radius 1 is 1.13 bits per heavy atom. The zero-order chi connectivity index (χ0) is 21.8. The minimum Gasteiger partial charge on any atom is -0.450 e. The number of hydrogen-bond donors (Lipinski definition) is 1. The van der Waals surface area contributed by atoms with Crippen LogP contribution in [0.25, 0.3) is 10.6 Å². The number of ketones is 1. The summed E-state index contributed by atoms with van der Waals surface area (Å²) in [5, 5.41) is 9.08. The number of benzene rings is 1. The highest BCUT2D eigenvalue weighted by atomic mass is 32.1. The lowest BCUT2D eigenvalue weighted by molar-refractivity contribution is -0.118. The van der Waals surface area contributed by atoms with E-state index in [1.807, 2.05) is 0 Å². The lowest BCUT2D eigenvalue weighted by Gasteiger charge is -2.12. The van der Waals surface area contributed by atoms with Gasteiger partial charge in [-0.25, -0.2) is 9.78 Å². The number of hydrogen-bond acceptors (Lipinski definition) is 7. The molecule has 1 aromatic carbocycles.